The molecule has 0 aliphatic rings. The fraction of sp³-hybridized carbons (Fsp3) is 0. The van der Waals surface area contributed by atoms with Gasteiger partial charge in [-0.25, -0.2) is 41.3 Å². The molecule has 0 aliphatic heterocycles. The van der Waals surface area contributed by atoms with Gasteiger partial charge in [0.1, 0.15) is 17.5 Å². The van der Waals surface area contributed by atoms with Crippen LogP contribution in [0.25, 0.3) is 17.1 Å². The summed E-state index contributed by atoms with van der Waals surface area (Å²) in [6, 6.07) is 14.6. The lowest BCUT2D eigenvalue weighted by Crippen LogP contribution is -2.53. The van der Waals surface area contributed by atoms with Gasteiger partial charge in [0.05, 0.1) is 17.1 Å². The summed E-state index contributed by atoms with van der Waals surface area (Å²) >= 11 is 0. The molecule has 30 heavy (non-hydrogen) atoms. The van der Waals surface area contributed by atoms with E-state index in [9.17, 15) is 27.6 Å². The highest BCUT2D eigenvalue weighted by Crippen LogP contribution is 2.13. The maximum atomic E-state index is 14.4. The third kappa shape index (κ3) is 2.96. The summed E-state index contributed by atoms with van der Waals surface area (Å²) in [5.41, 5.74) is -5.30. The van der Waals surface area contributed by atoms with Crippen LogP contribution in [0.15, 0.2) is 87.2 Å². The Morgan fingerprint density at radius 1 is 0.433 bits per heavy atom. The van der Waals surface area contributed by atoms with Crippen LogP contribution in [0.2, 0.25) is 0 Å². The van der Waals surface area contributed by atoms with Gasteiger partial charge in [-0.15, -0.1) is 0 Å². The van der Waals surface area contributed by atoms with Gasteiger partial charge in [-0.05, 0) is 36.4 Å². The van der Waals surface area contributed by atoms with Crippen LogP contribution in [-0.4, -0.2) is 13.7 Å². The Hall–Kier alpha value is -4.14. The number of hydrogen-bond donors (Lipinski definition) is 0. The van der Waals surface area contributed by atoms with Crippen molar-refractivity contribution < 1.29 is 13.2 Å². The monoisotopic (exact) mass is 411 g/mol. The molecule has 0 N–H and O–H groups in total. The number of para-hydroxylation sites is 3. The zero-order chi connectivity index (χ0) is 21.4. The van der Waals surface area contributed by atoms with Crippen molar-refractivity contribution in [3.63, 3.8) is 0 Å². The minimum absolute atomic E-state index is 0.357. The molecular formula is C21H12F3N3O3. The number of aromatic nitrogens is 3. The van der Waals surface area contributed by atoms with Gasteiger partial charge in [0, 0.05) is 0 Å². The van der Waals surface area contributed by atoms with Crippen LogP contribution in [0, 0.1) is 17.5 Å². The van der Waals surface area contributed by atoms with Crippen LogP contribution < -0.4 is 17.1 Å². The molecule has 0 saturated carbocycles. The van der Waals surface area contributed by atoms with E-state index in [-0.39, 0.29) is 0 Å². The number of halogens is 3. The lowest BCUT2D eigenvalue weighted by molar-refractivity contribution is 0.564. The molecule has 0 aliphatic carbocycles. The van der Waals surface area contributed by atoms with Crippen LogP contribution >= 0.6 is 0 Å². The minimum atomic E-state index is -1.30. The Bertz CT molecular complexity index is 1250. The fourth-order valence-corrected chi connectivity index (χ4v) is 3.06. The minimum Gasteiger partial charge on any atom is -0.246 e. The summed E-state index contributed by atoms with van der Waals surface area (Å²) in [5, 5.41) is 0. The van der Waals surface area contributed by atoms with E-state index in [2.05, 4.69) is 0 Å². The van der Waals surface area contributed by atoms with Gasteiger partial charge in [-0.1, -0.05) is 36.4 Å². The smallest absolute Gasteiger partial charge is 0.246 e. The van der Waals surface area contributed by atoms with Crippen molar-refractivity contribution in [1.82, 2.24) is 13.7 Å². The van der Waals surface area contributed by atoms with Crippen molar-refractivity contribution in [3.8, 4) is 17.1 Å². The second-order valence-electron chi connectivity index (χ2n) is 6.21. The maximum Gasteiger partial charge on any atom is 0.345 e. The first kappa shape index (κ1) is 19.2. The Morgan fingerprint density at radius 2 is 0.667 bits per heavy atom. The van der Waals surface area contributed by atoms with E-state index in [1.165, 1.54) is 36.4 Å². The topological polar surface area (TPSA) is 66.0 Å². The van der Waals surface area contributed by atoms with Crippen molar-refractivity contribution >= 4 is 0 Å². The van der Waals surface area contributed by atoms with Crippen LogP contribution in [-0.2, 0) is 0 Å². The summed E-state index contributed by atoms with van der Waals surface area (Å²) in [7, 11) is 0. The van der Waals surface area contributed by atoms with Gasteiger partial charge in [-0.3, -0.25) is 0 Å². The number of rotatable bonds is 3. The Balaban J connectivity index is 2.24. The predicted octanol–water partition coefficient (Wildman–Crippen LogP) is 2.56. The van der Waals surface area contributed by atoms with E-state index >= 15 is 0 Å². The molecule has 0 spiro atoms. The van der Waals surface area contributed by atoms with Crippen LogP contribution in [0.3, 0.4) is 0 Å². The average Bonchev–Trinajstić information content (AvgIpc) is 2.72. The summed E-state index contributed by atoms with van der Waals surface area (Å²) < 4.78 is 44.3. The zero-order valence-electron chi connectivity index (χ0n) is 15.1. The van der Waals surface area contributed by atoms with E-state index in [1.807, 2.05) is 0 Å². The first-order valence-electron chi connectivity index (χ1n) is 8.67. The van der Waals surface area contributed by atoms with Crippen molar-refractivity contribution in [2.24, 2.45) is 0 Å². The maximum absolute atomic E-state index is 14.4. The standard InChI is InChI=1S/C21H12F3N3O3/c22-13-7-1-4-10-16(13)25-19(28)26(17-11-5-2-8-14(17)23)21(30)27(20(25)29)18-12-6-3-9-15(18)24/h1-12H. The largest absolute Gasteiger partial charge is 0.345 e. The third-order valence-electron chi connectivity index (χ3n) is 4.43. The highest BCUT2D eigenvalue weighted by molar-refractivity contribution is 5.39. The van der Waals surface area contributed by atoms with Crippen molar-refractivity contribution in [3.05, 3.63) is 122 Å². The third-order valence-corrected chi connectivity index (χ3v) is 4.43. The molecule has 0 amide bonds. The molecule has 4 aromatic rings. The summed E-state index contributed by atoms with van der Waals surface area (Å²) in [5.74, 6) is -2.80. The quantitative estimate of drug-likeness (QED) is 0.521. The van der Waals surface area contributed by atoms with E-state index in [0.29, 0.717) is 13.7 Å². The molecule has 0 saturated heterocycles. The van der Waals surface area contributed by atoms with Gasteiger partial charge in [0.25, 0.3) is 0 Å². The number of nitrogens with zero attached hydrogens (tertiary/aromatic N) is 3. The lowest BCUT2D eigenvalue weighted by Gasteiger charge is -2.15. The first-order chi connectivity index (χ1) is 14.4. The van der Waals surface area contributed by atoms with Crippen molar-refractivity contribution in [1.29, 1.82) is 0 Å². The zero-order valence-corrected chi connectivity index (χ0v) is 15.1. The Kier molecular flexibility index (Phi) is 4.71. The van der Waals surface area contributed by atoms with Gasteiger partial charge in [0.2, 0.25) is 0 Å². The van der Waals surface area contributed by atoms with Gasteiger partial charge >= 0.3 is 17.1 Å². The molecule has 1 aromatic heterocycles. The van der Waals surface area contributed by atoms with Crippen LogP contribution in [0.5, 0.6) is 0 Å². The van der Waals surface area contributed by atoms with E-state index < -0.39 is 51.6 Å². The van der Waals surface area contributed by atoms with Gasteiger partial charge in [-0.2, -0.15) is 0 Å². The van der Waals surface area contributed by atoms with Gasteiger partial charge < -0.3 is 0 Å². The molecule has 3 aromatic carbocycles. The highest BCUT2D eigenvalue weighted by atomic mass is 19.1. The first-order valence-corrected chi connectivity index (χ1v) is 8.67. The van der Waals surface area contributed by atoms with Gasteiger partial charge in [0.15, 0.2) is 0 Å². The number of benzene rings is 3. The Labute approximate surface area is 166 Å². The average molecular weight is 411 g/mol. The second kappa shape index (κ2) is 7.36. The molecule has 6 nitrogen and oxygen atoms in total. The molecule has 0 atom stereocenters. The molecule has 4 rings (SSSR count). The molecule has 0 unspecified atom stereocenters. The summed E-state index contributed by atoms with van der Waals surface area (Å²) in [6.45, 7) is 0. The van der Waals surface area contributed by atoms with E-state index in [0.717, 1.165) is 36.4 Å². The van der Waals surface area contributed by atoms with E-state index in [4.69, 9.17) is 0 Å². The van der Waals surface area contributed by atoms with Crippen LogP contribution in [0.1, 0.15) is 0 Å². The fourth-order valence-electron chi connectivity index (χ4n) is 3.06. The lowest BCUT2D eigenvalue weighted by atomic mass is 10.3. The van der Waals surface area contributed by atoms with Crippen molar-refractivity contribution in [2.45, 2.75) is 0 Å². The van der Waals surface area contributed by atoms with E-state index in [1.54, 1.807) is 0 Å². The second-order valence-corrected chi connectivity index (χ2v) is 6.21. The molecule has 0 bridgehead atoms. The molecular weight excluding hydrogens is 399 g/mol. The highest BCUT2D eigenvalue weighted by Gasteiger charge is 2.23. The van der Waals surface area contributed by atoms with Crippen LogP contribution in [0.4, 0.5) is 13.2 Å². The van der Waals surface area contributed by atoms with Crippen molar-refractivity contribution in [2.75, 3.05) is 0 Å². The molecule has 150 valence electrons. The normalized spacial score (nSPS) is 10.9. The molecule has 1 heterocycles. The summed E-state index contributed by atoms with van der Waals surface area (Å²) in [4.78, 5) is 39.2. The molecule has 9 heteroatoms. The molecule has 0 fully saturated rings. The molecule has 0 radical (unpaired) electrons. The SMILES string of the molecule is O=c1n(-c2ccccc2F)c(=O)n(-c2ccccc2F)c(=O)n1-c1ccccc1F. The summed E-state index contributed by atoms with van der Waals surface area (Å²) in [6.07, 6.45) is 0. The Morgan fingerprint density at radius 3 is 0.900 bits per heavy atom. The predicted molar refractivity (Wildman–Crippen MR) is 103 cm³/mol. The number of hydrogen-bond acceptors (Lipinski definition) is 3.